The van der Waals surface area contributed by atoms with Gasteiger partial charge in [-0.3, -0.25) is 0 Å². The molecule has 1 N–H and O–H groups in total. The lowest BCUT2D eigenvalue weighted by atomic mass is 10.0. The van der Waals surface area contributed by atoms with E-state index in [1.165, 1.54) is 5.01 Å². The Labute approximate surface area is 78.0 Å². The predicted octanol–water partition coefficient (Wildman–Crippen LogP) is 2.30. The third-order valence-electron chi connectivity index (χ3n) is 2.35. The van der Waals surface area contributed by atoms with Crippen molar-refractivity contribution in [1.29, 1.82) is 0 Å². The van der Waals surface area contributed by atoms with Crippen molar-refractivity contribution in [3.8, 4) is 0 Å². The van der Waals surface area contributed by atoms with Gasteiger partial charge in [0, 0.05) is 11.1 Å². The minimum atomic E-state index is 0.0545. The maximum atomic E-state index is 4.48. The van der Waals surface area contributed by atoms with Gasteiger partial charge in [-0.05, 0) is 27.3 Å². The van der Waals surface area contributed by atoms with Crippen LogP contribution in [0.2, 0.25) is 0 Å². The van der Waals surface area contributed by atoms with E-state index in [1.54, 1.807) is 11.3 Å². The summed E-state index contributed by atoms with van der Waals surface area (Å²) < 4.78 is 0. The molecule has 1 rings (SSSR count). The molecule has 0 aliphatic heterocycles. The van der Waals surface area contributed by atoms with Crippen LogP contribution < -0.4 is 5.32 Å². The van der Waals surface area contributed by atoms with Crippen LogP contribution in [0.15, 0.2) is 5.38 Å². The number of hydrogen-bond donors (Lipinski definition) is 1. The molecule has 3 heteroatoms. The molecule has 0 spiro atoms. The van der Waals surface area contributed by atoms with Crippen LogP contribution in [0, 0.1) is 6.92 Å². The van der Waals surface area contributed by atoms with Crippen molar-refractivity contribution in [3.63, 3.8) is 0 Å². The third kappa shape index (κ3) is 1.67. The van der Waals surface area contributed by atoms with Crippen LogP contribution in [0.25, 0.3) is 0 Å². The summed E-state index contributed by atoms with van der Waals surface area (Å²) in [5.41, 5.74) is 1.17. The Hall–Kier alpha value is -0.410. The quantitative estimate of drug-likeness (QED) is 0.779. The Morgan fingerprint density at radius 1 is 1.67 bits per heavy atom. The van der Waals surface area contributed by atoms with Crippen LogP contribution >= 0.6 is 11.3 Å². The first-order valence-corrected chi connectivity index (χ1v) is 5.12. The summed E-state index contributed by atoms with van der Waals surface area (Å²) in [5.74, 6) is 0. The number of aryl methyl sites for hydroxylation is 1. The summed E-state index contributed by atoms with van der Waals surface area (Å²) in [6.45, 7) is 6.39. The monoisotopic (exact) mass is 184 g/mol. The minimum Gasteiger partial charge on any atom is -0.309 e. The van der Waals surface area contributed by atoms with Gasteiger partial charge in [-0.1, -0.05) is 6.92 Å². The second kappa shape index (κ2) is 3.54. The summed E-state index contributed by atoms with van der Waals surface area (Å²) in [6.07, 6.45) is 1.07. The van der Waals surface area contributed by atoms with E-state index in [9.17, 15) is 0 Å². The van der Waals surface area contributed by atoms with E-state index in [0.29, 0.717) is 0 Å². The SMILES string of the molecule is CCC(C)(NC)c1nc(C)cs1. The van der Waals surface area contributed by atoms with Gasteiger partial charge in [-0.25, -0.2) is 4.98 Å². The van der Waals surface area contributed by atoms with Gasteiger partial charge in [0.05, 0.1) is 5.54 Å². The fraction of sp³-hybridized carbons (Fsp3) is 0.667. The lowest BCUT2D eigenvalue weighted by Gasteiger charge is -2.24. The molecule has 1 unspecified atom stereocenters. The zero-order valence-corrected chi connectivity index (χ0v) is 8.96. The molecule has 0 aliphatic rings. The highest BCUT2D eigenvalue weighted by Gasteiger charge is 2.24. The van der Waals surface area contributed by atoms with Crippen LogP contribution in [0.1, 0.15) is 31.0 Å². The molecule has 1 aromatic rings. The molecule has 0 fully saturated rings. The predicted molar refractivity (Wildman–Crippen MR) is 53.6 cm³/mol. The lowest BCUT2D eigenvalue weighted by Crippen LogP contribution is -2.35. The van der Waals surface area contributed by atoms with Crippen molar-refractivity contribution in [2.45, 2.75) is 32.7 Å². The molecule has 0 aromatic carbocycles. The highest BCUT2D eigenvalue weighted by atomic mass is 32.1. The molecule has 68 valence electrons. The number of nitrogens with zero attached hydrogens (tertiary/aromatic N) is 1. The summed E-state index contributed by atoms with van der Waals surface area (Å²) in [4.78, 5) is 4.48. The highest BCUT2D eigenvalue weighted by molar-refractivity contribution is 7.09. The van der Waals surface area contributed by atoms with Crippen LogP contribution in [0.4, 0.5) is 0 Å². The molecule has 0 bridgehead atoms. The van der Waals surface area contributed by atoms with Crippen molar-refractivity contribution in [2.24, 2.45) is 0 Å². The van der Waals surface area contributed by atoms with E-state index in [4.69, 9.17) is 0 Å². The molecular formula is C9H16N2S. The van der Waals surface area contributed by atoms with E-state index in [1.807, 2.05) is 14.0 Å². The van der Waals surface area contributed by atoms with E-state index >= 15 is 0 Å². The molecular weight excluding hydrogens is 168 g/mol. The smallest absolute Gasteiger partial charge is 0.113 e. The topological polar surface area (TPSA) is 24.9 Å². The summed E-state index contributed by atoms with van der Waals surface area (Å²) in [6, 6.07) is 0. The number of nitrogens with one attached hydrogen (secondary N) is 1. The van der Waals surface area contributed by atoms with Gasteiger partial charge < -0.3 is 5.32 Å². The van der Waals surface area contributed by atoms with Gasteiger partial charge in [-0.2, -0.15) is 0 Å². The van der Waals surface area contributed by atoms with Crippen LogP contribution in [-0.4, -0.2) is 12.0 Å². The Morgan fingerprint density at radius 3 is 2.67 bits per heavy atom. The van der Waals surface area contributed by atoms with Gasteiger partial charge >= 0.3 is 0 Å². The van der Waals surface area contributed by atoms with Crippen LogP contribution in [0.3, 0.4) is 0 Å². The maximum Gasteiger partial charge on any atom is 0.113 e. The third-order valence-corrected chi connectivity index (χ3v) is 3.57. The standard InChI is InChI=1S/C9H16N2S/c1-5-9(3,10-4)8-11-7(2)6-12-8/h6,10H,5H2,1-4H3. The van der Waals surface area contributed by atoms with Crippen molar-refractivity contribution in [3.05, 3.63) is 16.1 Å². The maximum absolute atomic E-state index is 4.48. The van der Waals surface area contributed by atoms with Gasteiger partial charge in [-0.15, -0.1) is 11.3 Å². The largest absolute Gasteiger partial charge is 0.309 e. The fourth-order valence-corrected chi connectivity index (χ4v) is 2.08. The Morgan fingerprint density at radius 2 is 2.33 bits per heavy atom. The first-order valence-electron chi connectivity index (χ1n) is 4.24. The van der Waals surface area contributed by atoms with Gasteiger partial charge in [0.1, 0.15) is 5.01 Å². The van der Waals surface area contributed by atoms with Crippen molar-refractivity contribution < 1.29 is 0 Å². The van der Waals surface area contributed by atoms with Crippen molar-refractivity contribution >= 4 is 11.3 Å². The Bertz CT molecular complexity index is 251. The number of thiazole rings is 1. The second-order valence-electron chi connectivity index (χ2n) is 3.23. The number of hydrogen-bond acceptors (Lipinski definition) is 3. The zero-order valence-electron chi connectivity index (χ0n) is 8.14. The van der Waals surface area contributed by atoms with Crippen LogP contribution in [-0.2, 0) is 5.54 Å². The van der Waals surface area contributed by atoms with E-state index < -0.39 is 0 Å². The molecule has 1 aromatic heterocycles. The number of rotatable bonds is 3. The Balaban J connectivity index is 2.94. The fourth-order valence-electron chi connectivity index (χ4n) is 1.04. The van der Waals surface area contributed by atoms with Gasteiger partial charge in [0.25, 0.3) is 0 Å². The van der Waals surface area contributed by atoms with Gasteiger partial charge in [0.2, 0.25) is 0 Å². The molecule has 0 aliphatic carbocycles. The molecule has 0 amide bonds. The van der Waals surface area contributed by atoms with E-state index in [2.05, 4.69) is 29.5 Å². The first-order chi connectivity index (χ1) is 5.62. The van der Waals surface area contributed by atoms with E-state index in [0.717, 1.165) is 12.1 Å². The normalized spacial score (nSPS) is 16.0. The van der Waals surface area contributed by atoms with Crippen molar-refractivity contribution in [2.75, 3.05) is 7.05 Å². The molecule has 1 atom stereocenters. The lowest BCUT2D eigenvalue weighted by molar-refractivity contribution is 0.384. The molecule has 0 radical (unpaired) electrons. The summed E-state index contributed by atoms with van der Waals surface area (Å²) in [7, 11) is 1.99. The molecule has 1 heterocycles. The molecule has 12 heavy (non-hydrogen) atoms. The molecule has 0 saturated carbocycles. The minimum absolute atomic E-state index is 0.0545. The van der Waals surface area contributed by atoms with Crippen LogP contribution in [0.5, 0.6) is 0 Å². The average Bonchev–Trinajstić information content (AvgIpc) is 2.51. The average molecular weight is 184 g/mol. The summed E-state index contributed by atoms with van der Waals surface area (Å²) in [5, 5.41) is 6.59. The Kier molecular flexibility index (Phi) is 2.85. The molecule has 2 nitrogen and oxygen atoms in total. The summed E-state index contributed by atoms with van der Waals surface area (Å²) >= 11 is 1.73. The highest BCUT2D eigenvalue weighted by Crippen LogP contribution is 2.26. The second-order valence-corrected chi connectivity index (χ2v) is 4.09. The van der Waals surface area contributed by atoms with Crippen molar-refractivity contribution in [1.82, 2.24) is 10.3 Å². The number of aromatic nitrogens is 1. The molecule has 0 saturated heterocycles. The first kappa shape index (κ1) is 9.68. The van der Waals surface area contributed by atoms with Gasteiger partial charge in [0.15, 0.2) is 0 Å². The van der Waals surface area contributed by atoms with E-state index in [-0.39, 0.29) is 5.54 Å². The zero-order chi connectivity index (χ0) is 9.19.